The number of aliphatic hydroxyl groups excluding tert-OH is 1. The van der Waals surface area contributed by atoms with E-state index in [1.54, 1.807) is 25.1 Å². The van der Waals surface area contributed by atoms with E-state index in [4.69, 9.17) is 9.47 Å². The van der Waals surface area contributed by atoms with Crippen LogP contribution in [-0.2, 0) is 14.3 Å². The van der Waals surface area contributed by atoms with Crippen LogP contribution >= 0.6 is 15.9 Å². The summed E-state index contributed by atoms with van der Waals surface area (Å²) in [6.45, 7) is 4.62. The molecule has 24 heavy (non-hydrogen) atoms. The second kappa shape index (κ2) is 6.76. The molecule has 1 heterocycles. The molecule has 1 aliphatic heterocycles. The van der Waals surface area contributed by atoms with Gasteiger partial charge in [-0.2, -0.15) is 0 Å². The molecule has 7 heteroatoms. The fourth-order valence-electron chi connectivity index (χ4n) is 2.28. The molecule has 0 aromatic heterocycles. The highest BCUT2D eigenvalue weighted by atomic mass is 79.9. The Hall–Kier alpha value is -2.15. The van der Waals surface area contributed by atoms with E-state index in [0.717, 1.165) is 6.07 Å². The lowest BCUT2D eigenvalue weighted by molar-refractivity contribution is -0.222. The third kappa shape index (κ3) is 3.84. The molecule has 0 atom stereocenters. The first-order valence-electron chi connectivity index (χ1n) is 7.14. The summed E-state index contributed by atoms with van der Waals surface area (Å²) in [7, 11) is 0. The van der Waals surface area contributed by atoms with E-state index in [0.29, 0.717) is 10.0 Å². The smallest absolute Gasteiger partial charge is 0.344 e. The molecule has 1 aromatic carbocycles. The van der Waals surface area contributed by atoms with Gasteiger partial charge in [0, 0.05) is 18.3 Å². The Morgan fingerprint density at radius 1 is 1.38 bits per heavy atom. The predicted octanol–water partition coefficient (Wildman–Crippen LogP) is 4.27. The Labute approximate surface area is 146 Å². The molecule has 0 unspecified atom stereocenters. The van der Waals surface area contributed by atoms with Crippen LogP contribution in [-0.4, -0.2) is 22.6 Å². The molecule has 0 amide bonds. The Morgan fingerprint density at radius 3 is 2.62 bits per heavy atom. The van der Waals surface area contributed by atoms with E-state index < -0.39 is 35.7 Å². The van der Waals surface area contributed by atoms with Gasteiger partial charge in [-0.25, -0.2) is 9.18 Å². The van der Waals surface area contributed by atoms with Crippen molar-refractivity contribution in [3.63, 3.8) is 0 Å². The molecule has 1 N–H and O–H groups in total. The van der Waals surface area contributed by atoms with Gasteiger partial charge in [0.1, 0.15) is 11.4 Å². The lowest BCUT2D eigenvalue weighted by Gasteiger charge is -2.30. The number of halogens is 2. The van der Waals surface area contributed by atoms with Gasteiger partial charge in [0.25, 0.3) is 11.7 Å². The van der Waals surface area contributed by atoms with Gasteiger partial charge in [-0.1, -0.05) is 28.1 Å². The molecule has 2 rings (SSSR count). The lowest BCUT2D eigenvalue weighted by Crippen LogP contribution is -2.37. The Morgan fingerprint density at radius 2 is 2.04 bits per heavy atom. The first-order valence-corrected chi connectivity index (χ1v) is 7.93. The van der Waals surface area contributed by atoms with Crippen molar-refractivity contribution in [1.29, 1.82) is 0 Å². The summed E-state index contributed by atoms with van der Waals surface area (Å²) in [4.78, 5) is 24.4. The Bertz CT molecular complexity index is 764. The summed E-state index contributed by atoms with van der Waals surface area (Å²) in [5.41, 5.74) is -0.151. The van der Waals surface area contributed by atoms with Crippen molar-refractivity contribution in [1.82, 2.24) is 0 Å². The fraction of sp³-hybridized carbons (Fsp3) is 0.294. The quantitative estimate of drug-likeness (QED) is 0.605. The third-order valence-electron chi connectivity index (χ3n) is 3.23. The number of ether oxygens (including phenoxy) is 2. The van der Waals surface area contributed by atoms with Gasteiger partial charge in [0.15, 0.2) is 5.78 Å². The van der Waals surface area contributed by atoms with Crippen LogP contribution in [0.3, 0.4) is 0 Å². The molecular formula is C17H16BrFO5. The maximum absolute atomic E-state index is 14.2. The summed E-state index contributed by atoms with van der Waals surface area (Å²) in [6.07, 6.45) is 2.70. The van der Waals surface area contributed by atoms with Crippen LogP contribution in [0.25, 0.3) is 6.08 Å². The number of esters is 1. The van der Waals surface area contributed by atoms with Crippen LogP contribution in [0.1, 0.15) is 43.1 Å². The minimum atomic E-state index is -1.33. The number of hydrogen-bond donors (Lipinski definition) is 1. The zero-order chi connectivity index (χ0) is 18.1. The number of carbonyl (C=O) groups excluding carboxylic acids is 2. The summed E-state index contributed by atoms with van der Waals surface area (Å²) >= 11 is 3.17. The van der Waals surface area contributed by atoms with Crippen LogP contribution < -0.4 is 0 Å². The van der Waals surface area contributed by atoms with Gasteiger partial charge in [-0.05, 0) is 24.6 Å². The molecule has 1 aliphatic rings. The van der Waals surface area contributed by atoms with Crippen molar-refractivity contribution >= 4 is 33.8 Å². The number of Topliss-reactive ketones (excluding diaryl/α,β-unsaturated/α-hetero) is 1. The van der Waals surface area contributed by atoms with Gasteiger partial charge >= 0.3 is 5.97 Å². The number of aliphatic hydroxyl groups is 1. The van der Waals surface area contributed by atoms with Crippen LogP contribution in [0.2, 0.25) is 0 Å². The molecule has 0 fully saturated rings. The number of cyclic esters (lactones) is 1. The van der Waals surface area contributed by atoms with Gasteiger partial charge in [-0.3, -0.25) is 4.79 Å². The second-order valence-corrected chi connectivity index (χ2v) is 6.54. The molecule has 5 nitrogen and oxygen atoms in total. The highest BCUT2D eigenvalue weighted by molar-refractivity contribution is 9.10. The fourth-order valence-corrected chi connectivity index (χ4v) is 2.73. The highest BCUT2D eigenvalue weighted by Gasteiger charge is 2.37. The van der Waals surface area contributed by atoms with Gasteiger partial charge in [0.05, 0.1) is 12.0 Å². The molecule has 0 aliphatic carbocycles. The first kappa shape index (κ1) is 18.2. The SMILES string of the molecule is C/C=C/c1cc(Br)cc(F)c1C(=O)CC1=C(O)OC(C)(C)OC1=O. The average Bonchev–Trinajstić information content (AvgIpc) is 2.41. The normalized spacial score (nSPS) is 17.0. The number of hydrogen-bond acceptors (Lipinski definition) is 5. The van der Waals surface area contributed by atoms with E-state index >= 15 is 0 Å². The van der Waals surface area contributed by atoms with Crippen LogP contribution in [0.15, 0.2) is 34.2 Å². The van der Waals surface area contributed by atoms with E-state index in [1.807, 2.05) is 0 Å². The zero-order valence-electron chi connectivity index (χ0n) is 13.4. The minimum absolute atomic E-state index is 0.172. The molecule has 0 spiro atoms. The number of ketones is 1. The molecular weight excluding hydrogens is 383 g/mol. The van der Waals surface area contributed by atoms with E-state index in [2.05, 4.69) is 15.9 Å². The maximum Gasteiger partial charge on any atom is 0.344 e. The van der Waals surface area contributed by atoms with Crippen molar-refractivity contribution in [2.24, 2.45) is 0 Å². The van der Waals surface area contributed by atoms with Crippen molar-refractivity contribution in [2.75, 3.05) is 0 Å². The van der Waals surface area contributed by atoms with Gasteiger partial charge in [-0.15, -0.1) is 0 Å². The number of allylic oxidation sites excluding steroid dienone is 1. The van der Waals surface area contributed by atoms with Crippen LogP contribution in [0, 0.1) is 5.82 Å². The summed E-state index contributed by atoms with van der Waals surface area (Å²) in [6, 6.07) is 2.75. The second-order valence-electron chi connectivity index (χ2n) is 5.63. The van der Waals surface area contributed by atoms with Crippen LogP contribution in [0.4, 0.5) is 4.39 Å². The third-order valence-corrected chi connectivity index (χ3v) is 3.69. The van der Waals surface area contributed by atoms with Gasteiger partial charge in [0.2, 0.25) is 0 Å². The Kier molecular flexibility index (Phi) is 5.13. The first-order chi connectivity index (χ1) is 11.1. The maximum atomic E-state index is 14.2. The van der Waals surface area contributed by atoms with Crippen molar-refractivity contribution in [2.45, 2.75) is 33.0 Å². The topological polar surface area (TPSA) is 72.8 Å². The van der Waals surface area contributed by atoms with Crippen molar-refractivity contribution < 1.29 is 28.6 Å². The molecule has 0 saturated carbocycles. The van der Waals surface area contributed by atoms with E-state index in [-0.39, 0.29) is 11.1 Å². The summed E-state index contributed by atoms with van der Waals surface area (Å²) < 4.78 is 24.7. The largest absolute Gasteiger partial charge is 0.481 e. The zero-order valence-corrected chi connectivity index (χ0v) is 14.9. The highest BCUT2D eigenvalue weighted by Crippen LogP contribution is 2.29. The van der Waals surface area contributed by atoms with Gasteiger partial charge < -0.3 is 14.6 Å². The standard InChI is InChI=1S/C17H16BrFO5/c1-4-5-9-6-10(18)7-12(19)14(9)13(20)8-11-15(21)23-17(2,3)24-16(11)22/h4-7,21H,8H2,1-3H3/b5-4+. The number of carbonyl (C=O) groups is 2. The molecule has 0 bridgehead atoms. The molecule has 0 radical (unpaired) electrons. The predicted molar refractivity (Wildman–Crippen MR) is 88.7 cm³/mol. The minimum Gasteiger partial charge on any atom is -0.481 e. The molecule has 0 saturated heterocycles. The molecule has 128 valence electrons. The monoisotopic (exact) mass is 398 g/mol. The van der Waals surface area contributed by atoms with Crippen LogP contribution in [0.5, 0.6) is 0 Å². The number of rotatable bonds is 4. The summed E-state index contributed by atoms with van der Waals surface area (Å²) in [5.74, 6) is -4.29. The van der Waals surface area contributed by atoms with Crippen molar-refractivity contribution in [3.05, 3.63) is 51.1 Å². The van der Waals surface area contributed by atoms with Crippen molar-refractivity contribution in [3.8, 4) is 0 Å². The summed E-state index contributed by atoms with van der Waals surface area (Å²) in [5, 5.41) is 9.85. The number of benzene rings is 1. The van der Waals surface area contributed by atoms with E-state index in [1.165, 1.54) is 13.8 Å². The average molecular weight is 399 g/mol. The lowest BCUT2D eigenvalue weighted by atomic mass is 9.97. The Balaban J connectivity index is 2.39. The molecule has 1 aromatic rings. The van der Waals surface area contributed by atoms with E-state index in [9.17, 15) is 19.1 Å².